The number of rotatable bonds is 5. The molecule has 0 aromatic heterocycles. The van der Waals surface area contributed by atoms with Gasteiger partial charge < -0.3 is 15.2 Å². The Morgan fingerprint density at radius 3 is 2.32 bits per heavy atom. The van der Waals surface area contributed by atoms with Crippen LogP contribution in [0.25, 0.3) is 0 Å². The predicted octanol–water partition coefficient (Wildman–Crippen LogP) is -0.529. The molecule has 0 fully saturated rings. The van der Waals surface area contributed by atoms with Gasteiger partial charge in [0.25, 0.3) is 5.69 Å². The van der Waals surface area contributed by atoms with Gasteiger partial charge in [0.15, 0.2) is 0 Å². The summed E-state index contributed by atoms with van der Waals surface area (Å²) in [5, 5.41) is 24.2. The Kier molecular flexibility index (Phi) is 7.74. The first-order valence-corrected chi connectivity index (χ1v) is 7.45. The Labute approximate surface area is 179 Å². The van der Waals surface area contributed by atoms with E-state index < -0.39 is 46.2 Å². The Bertz CT molecular complexity index is 931. The summed E-state index contributed by atoms with van der Waals surface area (Å²) in [6.07, 6.45) is -5.11. The number of amides is 1. The van der Waals surface area contributed by atoms with Gasteiger partial charge >= 0.3 is 35.7 Å². The fraction of sp³-hybridized carbons (Fsp3) is 0.176. The van der Waals surface area contributed by atoms with E-state index in [-0.39, 0.29) is 40.8 Å². The van der Waals surface area contributed by atoms with Gasteiger partial charge in [0.05, 0.1) is 22.9 Å². The van der Waals surface area contributed by atoms with E-state index in [0.717, 1.165) is 30.3 Å². The van der Waals surface area contributed by atoms with Crippen LogP contribution in [-0.4, -0.2) is 16.8 Å². The number of carboxylic acid groups (broad SMARTS) is 1. The average molecular weight is 404 g/mol. The van der Waals surface area contributed by atoms with Crippen LogP contribution in [0.3, 0.4) is 0 Å². The number of alkyl halides is 3. The second-order valence-electron chi connectivity index (χ2n) is 5.64. The maximum atomic E-state index is 12.8. The van der Waals surface area contributed by atoms with Crippen molar-refractivity contribution >= 4 is 23.3 Å². The summed E-state index contributed by atoms with van der Waals surface area (Å²) in [6, 6.07) is 5.69. The molecule has 2 rings (SSSR count). The molecule has 0 radical (unpaired) electrons. The topological polar surface area (TPSA) is 112 Å². The van der Waals surface area contributed by atoms with Crippen molar-refractivity contribution in [3.05, 3.63) is 68.8 Å². The number of hydrogen-bond acceptors (Lipinski definition) is 5. The number of aryl methyl sites for hydroxylation is 1. The number of nitrogens with zero attached hydrogens (tertiary/aromatic N) is 1. The zero-order valence-electron chi connectivity index (χ0n) is 14.8. The van der Waals surface area contributed by atoms with Crippen molar-refractivity contribution in [2.75, 3.05) is 5.32 Å². The molecule has 28 heavy (non-hydrogen) atoms. The van der Waals surface area contributed by atoms with Crippen molar-refractivity contribution in [2.24, 2.45) is 0 Å². The van der Waals surface area contributed by atoms with Crippen molar-refractivity contribution in [2.45, 2.75) is 19.5 Å². The number of aromatic carboxylic acids is 1. The Morgan fingerprint density at radius 2 is 1.79 bits per heavy atom. The van der Waals surface area contributed by atoms with Crippen LogP contribution in [0.1, 0.15) is 27.0 Å². The van der Waals surface area contributed by atoms with Crippen LogP contribution in [0.2, 0.25) is 0 Å². The molecule has 0 heterocycles. The molecule has 142 valence electrons. The molecular formula is C17H12F3N2NaO5. The van der Waals surface area contributed by atoms with Crippen molar-refractivity contribution in [3.8, 4) is 0 Å². The molecule has 0 atom stereocenters. The smallest absolute Gasteiger partial charge is 0.545 e. The second kappa shape index (κ2) is 9.18. The van der Waals surface area contributed by atoms with Crippen molar-refractivity contribution < 1.29 is 62.3 Å². The molecule has 2 aromatic carbocycles. The summed E-state index contributed by atoms with van der Waals surface area (Å²) in [5.74, 6) is -2.49. The number of non-ortho nitro benzene ring substituents is 1. The van der Waals surface area contributed by atoms with E-state index in [1.807, 2.05) is 0 Å². The molecule has 0 saturated heterocycles. The maximum absolute atomic E-state index is 12.8. The van der Waals surface area contributed by atoms with Gasteiger partial charge in [-0.05, 0) is 30.2 Å². The summed E-state index contributed by atoms with van der Waals surface area (Å²) >= 11 is 0. The Morgan fingerprint density at radius 1 is 1.14 bits per heavy atom. The molecule has 0 aliphatic carbocycles. The van der Waals surface area contributed by atoms with Gasteiger partial charge in [-0.15, -0.1) is 0 Å². The zero-order chi connectivity index (χ0) is 20.4. The molecule has 2 aromatic rings. The number of carboxylic acids is 1. The quantitative estimate of drug-likeness (QED) is 0.409. The Hall–Kier alpha value is -2.43. The minimum absolute atomic E-state index is 0. The minimum atomic E-state index is -4.59. The van der Waals surface area contributed by atoms with Gasteiger partial charge in [-0.2, -0.15) is 13.2 Å². The zero-order valence-corrected chi connectivity index (χ0v) is 16.8. The van der Waals surface area contributed by atoms with E-state index in [2.05, 4.69) is 5.32 Å². The first-order chi connectivity index (χ1) is 12.5. The SMILES string of the molecule is Cc1ccc(C(F)(F)F)cc1NC(=O)Cc1ccc([N+](=O)[O-])cc1C(=O)[O-].[Na+]. The van der Waals surface area contributed by atoms with Crippen molar-refractivity contribution in [1.29, 1.82) is 0 Å². The van der Waals surface area contributed by atoms with Crippen LogP contribution in [0, 0.1) is 17.0 Å². The van der Waals surface area contributed by atoms with Crippen LogP contribution in [0.15, 0.2) is 36.4 Å². The number of nitro groups is 1. The third-order valence-electron chi connectivity index (χ3n) is 3.71. The maximum Gasteiger partial charge on any atom is 1.00 e. The van der Waals surface area contributed by atoms with Crippen LogP contribution in [0.5, 0.6) is 0 Å². The number of carbonyl (C=O) groups is 2. The molecule has 1 amide bonds. The molecule has 1 N–H and O–H groups in total. The molecule has 0 saturated carbocycles. The van der Waals surface area contributed by atoms with Gasteiger partial charge in [0.1, 0.15) is 0 Å². The third kappa shape index (κ3) is 5.78. The molecule has 0 aliphatic rings. The van der Waals surface area contributed by atoms with Gasteiger partial charge in [0, 0.05) is 23.4 Å². The molecule has 0 bridgehead atoms. The largest absolute Gasteiger partial charge is 1.00 e. The number of halogens is 3. The molecular weight excluding hydrogens is 392 g/mol. The van der Waals surface area contributed by atoms with Gasteiger partial charge in [-0.25, -0.2) is 0 Å². The summed E-state index contributed by atoms with van der Waals surface area (Å²) in [5.41, 5.74) is -1.75. The van der Waals surface area contributed by atoms with E-state index in [1.165, 1.54) is 13.0 Å². The molecule has 0 aliphatic heterocycles. The predicted molar refractivity (Wildman–Crippen MR) is 85.9 cm³/mol. The number of nitrogens with one attached hydrogen (secondary N) is 1. The number of anilines is 1. The second-order valence-corrected chi connectivity index (χ2v) is 5.64. The molecule has 11 heteroatoms. The minimum Gasteiger partial charge on any atom is -0.545 e. The van der Waals surface area contributed by atoms with E-state index in [0.29, 0.717) is 5.56 Å². The summed E-state index contributed by atoms with van der Waals surface area (Å²) < 4.78 is 38.4. The van der Waals surface area contributed by atoms with Crippen LogP contribution in [-0.2, 0) is 17.4 Å². The van der Waals surface area contributed by atoms with E-state index >= 15 is 0 Å². The van der Waals surface area contributed by atoms with Crippen molar-refractivity contribution in [1.82, 2.24) is 0 Å². The number of benzene rings is 2. The number of nitro benzene ring substituents is 1. The van der Waals surface area contributed by atoms with E-state index in [4.69, 9.17) is 0 Å². The van der Waals surface area contributed by atoms with E-state index in [1.54, 1.807) is 0 Å². The molecule has 7 nitrogen and oxygen atoms in total. The third-order valence-corrected chi connectivity index (χ3v) is 3.71. The van der Waals surface area contributed by atoms with Crippen molar-refractivity contribution in [3.63, 3.8) is 0 Å². The monoisotopic (exact) mass is 404 g/mol. The van der Waals surface area contributed by atoms with Gasteiger partial charge in [-0.1, -0.05) is 12.1 Å². The number of carbonyl (C=O) groups excluding carboxylic acids is 2. The van der Waals surface area contributed by atoms with Gasteiger partial charge in [-0.3, -0.25) is 14.9 Å². The fourth-order valence-corrected chi connectivity index (χ4v) is 2.32. The molecule has 0 unspecified atom stereocenters. The normalized spacial score (nSPS) is 10.7. The molecule has 0 spiro atoms. The first kappa shape index (κ1) is 23.6. The Balaban J connectivity index is 0.00000392. The first-order valence-electron chi connectivity index (χ1n) is 7.45. The fourth-order valence-electron chi connectivity index (χ4n) is 2.32. The summed E-state index contributed by atoms with van der Waals surface area (Å²) in [4.78, 5) is 33.2. The van der Waals surface area contributed by atoms with E-state index in [9.17, 15) is 38.0 Å². The summed E-state index contributed by atoms with van der Waals surface area (Å²) in [7, 11) is 0. The van der Waals surface area contributed by atoms with Crippen LogP contribution >= 0.6 is 0 Å². The van der Waals surface area contributed by atoms with Gasteiger partial charge in [0.2, 0.25) is 5.91 Å². The summed E-state index contributed by atoms with van der Waals surface area (Å²) in [6.45, 7) is 1.49. The average Bonchev–Trinajstić information content (AvgIpc) is 2.55. The number of hydrogen-bond donors (Lipinski definition) is 1. The standard InChI is InChI=1S/C17H13F3N2O5.Na/c1-9-2-4-11(17(18,19)20)7-14(9)21-15(23)6-10-3-5-12(22(26)27)8-13(10)16(24)25;/h2-5,7-8H,6H2,1H3,(H,21,23)(H,24,25);/q;+1/p-1. The van der Waals surface area contributed by atoms with Crippen LogP contribution in [0.4, 0.5) is 24.5 Å². The van der Waals surface area contributed by atoms with Crippen LogP contribution < -0.4 is 40.0 Å².